The molecule has 0 bridgehead atoms. The number of aromatic nitrogens is 3. The second-order valence-corrected chi connectivity index (χ2v) is 5.40. The van der Waals surface area contributed by atoms with Gasteiger partial charge in [-0.1, -0.05) is 0 Å². The van der Waals surface area contributed by atoms with Crippen LogP contribution in [-0.2, 0) is 4.74 Å². The maximum atomic E-state index is 12.4. The van der Waals surface area contributed by atoms with Crippen LogP contribution in [0.3, 0.4) is 0 Å². The van der Waals surface area contributed by atoms with E-state index >= 15 is 0 Å². The summed E-state index contributed by atoms with van der Waals surface area (Å²) in [6.45, 7) is 1.52. The number of ether oxygens (including phenoxy) is 1. The molecule has 0 aliphatic carbocycles. The molecular weight excluding hydrogens is 290 g/mol. The average molecular weight is 305 g/mol. The Morgan fingerprint density at radius 1 is 1.48 bits per heavy atom. The number of thiazole rings is 1. The SMILES string of the molecule is CNc1nccnc1[C@@H]1CN(C(=O)c2cncs2)CCO1. The molecule has 110 valence electrons. The number of hydrogen-bond donors (Lipinski definition) is 1. The standard InChI is InChI=1S/C13H15N5O2S/c1-14-12-11(16-2-3-17-12)9-7-18(4-5-20-9)13(19)10-6-15-8-21-10/h2-3,6,8-9H,4-5,7H2,1H3,(H,14,17)/t9-/m0/s1. The molecule has 0 radical (unpaired) electrons. The third-order valence-electron chi connectivity index (χ3n) is 3.27. The van der Waals surface area contributed by atoms with Gasteiger partial charge >= 0.3 is 0 Å². The molecule has 1 aliphatic rings. The molecule has 0 spiro atoms. The van der Waals surface area contributed by atoms with Gasteiger partial charge in [0.15, 0.2) is 0 Å². The van der Waals surface area contributed by atoms with Crippen molar-refractivity contribution in [1.82, 2.24) is 19.9 Å². The van der Waals surface area contributed by atoms with Crippen molar-refractivity contribution in [3.8, 4) is 0 Å². The number of nitrogens with zero attached hydrogens (tertiary/aromatic N) is 4. The summed E-state index contributed by atoms with van der Waals surface area (Å²) in [6.07, 6.45) is 4.58. The van der Waals surface area contributed by atoms with Gasteiger partial charge in [0.25, 0.3) is 5.91 Å². The molecule has 0 saturated carbocycles. The lowest BCUT2D eigenvalue weighted by Crippen LogP contribution is -2.42. The first kappa shape index (κ1) is 13.9. The van der Waals surface area contributed by atoms with Crippen LogP contribution < -0.4 is 5.32 Å². The van der Waals surface area contributed by atoms with Gasteiger partial charge < -0.3 is 15.0 Å². The van der Waals surface area contributed by atoms with Gasteiger partial charge in [0, 0.05) is 26.0 Å². The Morgan fingerprint density at radius 2 is 2.33 bits per heavy atom. The Morgan fingerprint density at radius 3 is 3.10 bits per heavy atom. The molecule has 1 amide bonds. The summed E-state index contributed by atoms with van der Waals surface area (Å²) >= 11 is 1.35. The van der Waals surface area contributed by atoms with Gasteiger partial charge in [-0.25, -0.2) is 4.98 Å². The summed E-state index contributed by atoms with van der Waals surface area (Å²) in [7, 11) is 1.79. The zero-order valence-electron chi connectivity index (χ0n) is 11.5. The zero-order chi connectivity index (χ0) is 14.7. The summed E-state index contributed by atoms with van der Waals surface area (Å²) < 4.78 is 5.76. The third kappa shape index (κ3) is 2.86. The molecule has 7 nitrogen and oxygen atoms in total. The lowest BCUT2D eigenvalue weighted by atomic mass is 10.2. The van der Waals surface area contributed by atoms with E-state index in [-0.39, 0.29) is 12.0 Å². The number of anilines is 1. The summed E-state index contributed by atoms with van der Waals surface area (Å²) in [5.74, 6) is 0.662. The monoisotopic (exact) mass is 305 g/mol. The van der Waals surface area contributed by atoms with E-state index in [1.165, 1.54) is 11.3 Å². The van der Waals surface area contributed by atoms with Gasteiger partial charge in [-0.3, -0.25) is 14.8 Å². The number of morpholine rings is 1. The van der Waals surface area contributed by atoms with E-state index in [0.717, 1.165) is 5.69 Å². The number of carbonyl (C=O) groups excluding carboxylic acids is 1. The van der Waals surface area contributed by atoms with Crippen LogP contribution in [0, 0.1) is 0 Å². The van der Waals surface area contributed by atoms with Crippen LogP contribution in [0.2, 0.25) is 0 Å². The van der Waals surface area contributed by atoms with Crippen molar-refractivity contribution in [2.45, 2.75) is 6.10 Å². The van der Waals surface area contributed by atoms with Gasteiger partial charge in [-0.05, 0) is 0 Å². The molecule has 1 atom stereocenters. The normalized spacial score (nSPS) is 18.5. The van der Waals surface area contributed by atoms with Crippen molar-refractivity contribution in [3.63, 3.8) is 0 Å². The molecule has 2 aromatic heterocycles. The summed E-state index contributed by atoms with van der Waals surface area (Å²) in [5, 5.41) is 3.00. The van der Waals surface area contributed by atoms with Gasteiger partial charge in [0.2, 0.25) is 0 Å². The highest BCUT2D eigenvalue weighted by molar-refractivity contribution is 7.11. The molecule has 1 fully saturated rings. The summed E-state index contributed by atoms with van der Waals surface area (Å²) in [4.78, 5) is 27.3. The lowest BCUT2D eigenvalue weighted by molar-refractivity contribution is -0.0243. The third-order valence-corrected chi connectivity index (χ3v) is 4.03. The van der Waals surface area contributed by atoms with E-state index in [2.05, 4.69) is 20.3 Å². The predicted octanol–water partition coefficient (Wildman–Crippen LogP) is 1.19. The van der Waals surface area contributed by atoms with Crippen molar-refractivity contribution < 1.29 is 9.53 Å². The van der Waals surface area contributed by atoms with E-state index in [1.807, 2.05) is 0 Å². The molecule has 1 saturated heterocycles. The van der Waals surface area contributed by atoms with Crippen molar-refractivity contribution >= 4 is 23.1 Å². The smallest absolute Gasteiger partial charge is 0.265 e. The van der Waals surface area contributed by atoms with Crippen LogP contribution in [0.4, 0.5) is 5.82 Å². The number of nitrogens with one attached hydrogen (secondary N) is 1. The van der Waals surface area contributed by atoms with Crippen LogP contribution in [-0.4, -0.2) is 52.5 Å². The second-order valence-electron chi connectivity index (χ2n) is 4.52. The second kappa shape index (κ2) is 6.15. The van der Waals surface area contributed by atoms with Crippen molar-refractivity contribution in [2.24, 2.45) is 0 Å². The molecule has 1 N–H and O–H groups in total. The van der Waals surface area contributed by atoms with Crippen LogP contribution >= 0.6 is 11.3 Å². The fourth-order valence-electron chi connectivity index (χ4n) is 2.25. The minimum Gasteiger partial charge on any atom is -0.372 e. The first-order valence-corrected chi connectivity index (χ1v) is 7.45. The highest BCUT2D eigenvalue weighted by atomic mass is 32.1. The molecule has 8 heteroatoms. The zero-order valence-corrected chi connectivity index (χ0v) is 12.3. The fourth-order valence-corrected chi connectivity index (χ4v) is 2.84. The molecule has 3 heterocycles. The Bertz CT molecular complexity index is 619. The van der Waals surface area contributed by atoms with Gasteiger partial charge in [-0.15, -0.1) is 11.3 Å². The maximum Gasteiger partial charge on any atom is 0.265 e. The van der Waals surface area contributed by atoms with Crippen LogP contribution in [0.5, 0.6) is 0 Å². The van der Waals surface area contributed by atoms with Crippen molar-refractivity contribution in [3.05, 3.63) is 34.7 Å². The lowest BCUT2D eigenvalue weighted by Gasteiger charge is -2.32. The number of amides is 1. The van der Waals surface area contributed by atoms with Gasteiger partial charge in [0.05, 0.1) is 24.9 Å². The van der Waals surface area contributed by atoms with E-state index < -0.39 is 0 Å². The topological polar surface area (TPSA) is 80.2 Å². The molecular formula is C13H15N5O2S. The van der Waals surface area contributed by atoms with E-state index in [1.54, 1.807) is 36.0 Å². The fraction of sp³-hybridized carbons (Fsp3) is 0.385. The largest absolute Gasteiger partial charge is 0.372 e. The molecule has 0 aromatic carbocycles. The van der Waals surface area contributed by atoms with Gasteiger partial charge in [0.1, 0.15) is 22.5 Å². The van der Waals surface area contributed by atoms with Gasteiger partial charge in [-0.2, -0.15) is 0 Å². The van der Waals surface area contributed by atoms with Crippen LogP contribution in [0.25, 0.3) is 0 Å². The first-order valence-electron chi connectivity index (χ1n) is 6.57. The van der Waals surface area contributed by atoms with Crippen LogP contribution in [0.1, 0.15) is 21.5 Å². The molecule has 21 heavy (non-hydrogen) atoms. The predicted molar refractivity (Wildman–Crippen MR) is 78.3 cm³/mol. The number of rotatable bonds is 3. The van der Waals surface area contributed by atoms with Crippen molar-refractivity contribution in [1.29, 1.82) is 0 Å². The number of carbonyl (C=O) groups is 1. The van der Waals surface area contributed by atoms with E-state index in [9.17, 15) is 4.79 Å². The first-order chi connectivity index (χ1) is 10.3. The summed E-state index contributed by atoms with van der Waals surface area (Å²) in [5.41, 5.74) is 2.38. The molecule has 3 rings (SSSR count). The average Bonchev–Trinajstić information content (AvgIpc) is 3.08. The Labute approximate surface area is 126 Å². The molecule has 0 unspecified atom stereocenters. The Balaban J connectivity index is 1.78. The number of hydrogen-bond acceptors (Lipinski definition) is 7. The summed E-state index contributed by atoms with van der Waals surface area (Å²) in [6, 6.07) is 0. The minimum absolute atomic E-state index is 0.0132. The Kier molecular flexibility index (Phi) is 4.07. The highest BCUT2D eigenvalue weighted by Crippen LogP contribution is 2.26. The van der Waals surface area contributed by atoms with Crippen molar-refractivity contribution in [2.75, 3.05) is 32.1 Å². The van der Waals surface area contributed by atoms with Crippen LogP contribution in [0.15, 0.2) is 24.1 Å². The maximum absolute atomic E-state index is 12.4. The highest BCUT2D eigenvalue weighted by Gasteiger charge is 2.29. The molecule has 1 aliphatic heterocycles. The Hall–Kier alpha value is -2.06. The van der Waals surface area contributed by atoms with E-state index in [0.29, 0.717) is 30.4 Å². The quantitative estimate of drug-likeness (QED) is 0.917. The minimum atomic E-state index is -0.272. The van der Waals surface area contributed by atoms with E-state index in [4.69, 9.17) is 4.74 Å². The molecule has 2 aromatic rings.